The van der Waals surface area contributed by atoms with E-state index in [1.165, 1.54) is 12.1 Å². The van der Waals surface area contributed by atoms with Gasteiger partial charge in [0.25, 0.3) is 0 Å². The molecule has 170 valence electrons. The number of amides is 1. The molecule has 0 fully saturated rings. The highest BCUT2D eigenvalue weighted by molar-refractivity contribution is 5.77. The number of imidazole rings is 1. The summed E-state index contributed by atoms with van der Waals surface area (Å²) >= 11 is 0. The Morgan fingerprint density at radius 2 is 2.06 bits per heavy atom. The third-order valence-corrected chi connectivity index (χ3v) is 5.34. The maximum Gasteiger partial charge on any atom is 0.233 e. The molecular weight excluding hydrogens is 411 g/mol. The number of hydrogen-bond acceptors (Lipinski definition) is 5. The van der Waals surface area contributed by atoms with E-state index in [0.717, 1.165) is 23.2 Å². The molecule has 0 aliphatic rings. The van der Waals surface area contributed by atoms with Crippen LogP contribution in [0.25, 0.3) is 0 Å². The van der Waals surface area contributed by atoms with Crippen molar-refractivity contribution in [3.63, 3.8) is 0 Å². The Labute approximate surface area is 187 Å². The number of ether oxygens (including phenoxy) is 2. The minimum absolute atomic E-state index is 0.00516. The lowest BCUT2D eigenvalue weighted by atomic mass is 10.1. The number of nitrogens with zero attached hydrogens (tertiary/aromatic N) is 2. The zero-order chi connectivity index (χ0) is 22.9. The molecule has 3 rings (SSSR count). The maximum absolute atomic E-state index is 13.4. The number of aromatic amines is 1. The van der Waals surface area contributed by atoms with Crippen LogP contribution in [-0.2, 0) is 17.8 Å². The normalized spacial score (nSPS) is 11.9. The van der Waals surface area contributed by atoms with E-state index >= 15 is 0 Å². The summed E-state index contributed by atoms with van der Waals surface area (Å²) in [7, 11) is 3.22. The van der Waals surface area contributed by atoms with Crippen LogP contribution in [0.3, 0.4) is 0 Å². The van der Waals surface area contributed by atoms with E-state index in [1.807, 2.05) is 31.2 Å². The molecule has 2 aromatic carbocycles. The average Bonchev–Trinajstić information content (AvgIpc) is 3.35. The highest BCUT2D eigenvalue weighted by atomic mass is 19.1. The first-order valence-electron chi connectivity index (χ1n) is 10.5. The fourth-order valence-corrected chi connectivity index (χ4v) is 3.41. The van der Waals surface area contributed by atoms with Crippen molar-refractivity contribution in [3.05, 3.63) is 77.6 Å². The number of aromatic nitrogens is 2. The quantitative estimate of drug-likeness (QED) is 0.477. The third-order valence-electron chi connectivity index (χ3n) is 5.34. The van der Waals surface area contributed by atoms with Crippen LogP contribution in [0.15, 0.2) is 55.0 Å². The number of carbonyl (C=O) groups is 1. The molecule has 0 spiro atoms. The number of hydrogen-bond donors (Lipinski definition) is 2. The summed E-state index contributed by atoms with van der Waals surface area (Å²) in [6, 6.07) is 12.1. The summed E-state index contributed by atoms with van der Waals surface area (Å²) in [6.45, 7) is 3.23. The zero-order valence-corrected chi connectivity index (χ0v) is 18.6. The summed E-state index contributed by atoms with van der Waals surface area (Å²) in [5.74, 6) is 0.862. The SMILES string of the molecule is CNC(=O)CN(CCc1ccc(OCc2cccc(F)c2)c(OC)c1)C(C)c1cnc[nH]1. The van der Waals surface area contributed by atoms with Crippen molar-refractivity contribution in [2.24, 2.45) is 0 Å². The first-order chi connectivity index (χ1) is 15.5. The average molecular weight is 441 g/mol. The Balaban J connectivity index is 1.66. The second-order valence-corrected chi connectivity index (χ2v) is 7.48. The summed E-state index contributed by atoms with van der Waals surface area (Å²) in [6.07, 6.45) is 4.13. The fourth-order valence-electron chi connectivity index (χ4n) is 3.41. The first kappa shape index (κ1) is 23.3. The van der Waals surface area contributed by atoms with Crippen molar-refractivity contribution in [1.82, 2.24) is 20.2 Å². The van der Waals surface area contributed by atoms with Gasteiger partial charge in [-0.3, -0.25) is 9.69 Å². The molecule has 1 unspecified atom stereocenters. The van der Waals surface area contributed by atoms with E-state index in [4.69, 9.17) is 9.47 Å². The predicted octanol–water partition coefficient (Wildman–Crippen LogP) is 3.49. The van der Waals surface area contributed by atoms with Gasteiger partial charge in [-0.2, -0.15) is 0 Å². The van der Waals surface area contributed by atoms with E-state index in [0.29, 0.717) is 18.0 Å². The maximum atomic E-state index is 13.4. The van der Waals surface area contributed by atoms with E-state index in [9.17, 15) is 9.18 Å². The largest absolute Gasteiger partial charge is 0.493 e. The number of carbonyl (C=O) groups excluding carboxylic acids is 1. The van der Waals surface area contributed by atoms with Crippen LogP contribution < -0.4 is 14.8 Å². The third kappa shape index (κ3) is 6.31. The summed E-state index contributed by atoms with van der Waals surface area (Å²) in [4.78, 5) is 21.3. The van der Waals surface area contributed by atoms with Crippen molar-refractivity contribution in [3.8, 4) is 11.5 Å². The molecule has 8 heteroatoms. The van der Waals surface area contributed by atoms with E-state index in [2.05, 4.69) is 20.2 Å². The standard InChI is InChI=1S/C24H29FN4O3/c1-17(21-13-27-16-28-21)29(14-24(30)26-2)10-9-18-7-8-22(23(12-18)31-3)32-15-19-5-4-6-20(25)11-19/h4-8,11-13,16-17H,9-10,14-15H2,1-3H3,(H,26,30)(H,27,28). The van der Waals surface area contributed by atoms with Gasteiger partial charge in [-0.1, -0.05) is 18.2 Å². The molecule has 1 amide bonds. The molecular formula is C24H29FN4O3. The number of likely N-dealkylation sites (N-methyl/N-ethyl adjacent to an activating group) is 1. The molecule has 7 nitrogen and oxygen atoms in total. The van der Waals surface area contributed by atoms with Gasteiger partial charge in [-0.25, -0.2) is 9.37 Å². The smallest absolute Gasteiger partial charge is 0.233 e. The Kier molecular flexibility index (Phi) is 8.21. The molecule has 1 heterocycles. The van der Waals surface area contributed by atoms with Crippen LogP contribution in [0.1, 0.15) is 29.8 Å². The van der Waals surface area contributed by atoms with E-state index in [-0.39, 0.29) is 30.9 Å². The predicted molar refractivity (Wildman–Crippen MR) is 120 cm³/mol. The van der Waals surface area contributed by atoms with Crippen LogP contribution in [-0.4, -0.2) is 48.0 Å². The molecule has 0 aliphatic heterocycles. The fraction of sp³-hybridized carbons (Fsp3) is 0.333. The summed E-state index contributed by atoms with van der Waals surface area (Å²) in [5.41, 5.74) is 2.75. The topological polar surface area (TPSA) is 79.5 Å². The van der Waals surface area contributed by atoms with Crippen LogP contribution >= 0.6 is 0 Å². The molecule has 32 heavy (non-hydrogen) atoms. The number of halogens is 1. The number of benzene rings is 2. The Bertz CT molecular complexity index is 1010. The molecule has 1 aromatic heterocycles. The van der Waals surface area contributed by atoms with Gasteiger partial charge in [0.2, 0.25) is 5.91 Å². The van der Waals surface area contributed by atoms with Gasteiger partial charge in [0, 0.05) is 25.8 Å². The van der Waals surface area contributed by atoms with Crippen molar-refractivity contribution >= 4 is 5.91 Å². The molecule has 0 saturated carbocycles. The monoisotopic (exact) mass is 440 g/mol. The Morgan fingerprint density at radius 1 is 1.22 bits per heavy atom. The van der Waals surface area contributed by atoms with Gasteiger partial charge < -0.3 is 19.8 Å². The number of H-pyrrole nitrogens is 1. The molecule has 0 radical (unpaired) electrons. The van der Waals surface area contributed by atoms with Crippen molar-refractivity contribution in [2.45, 2.75) is 26.0 Å². The van der Waals surface area contributed by atoms with Crippen LogP contribution in [0.2, 0.25) is 0 Å². The highest BCUT2D eigenvalue weighted by Crippen LogP contribution is 2.29. The van der Waals surface area contributed by atoms with Crippen molar-refractivity contribution < 1.29 is 18.7 Å². The van der Waals surface area contributed by atoms with Gasteiger partial charge in [0.15, 0.2) is 11.5 Å². The lowest BCUT2D eigenvalue weighted by molar-refractivity contribution is -0.122. The Morgan fingerprint density at radius 3 is 2.75 bits per heavy atom. The van der Waals surface area contributed by atoms with Gasteiger partial charge in [0.1, 0.15) is 12.4 Å². The second kappa shape index (κ2) is 11.3. The lowest BCUT2D eigenvalue weighted by Crippen LogP contribution is -2.38. The summed E-state index contributed by atoms with van der Waals surface area (Å²) in [5, 5.41) is 2.68. The summed E-state index contributed by atoms with van der Waals surface area (Å²) < 4.78 is 24.7. The lowest BCUT2D eigenvalue weighted by Gasteiger charge is -2.27. The molecule has 0 aliphatic carbocycles. The van der Waals surface area contributed by atoms with E-state index in [1.54, 1.807) is 32.7 Å². The molecule has 0 saturated heterocycles. The van der Waals surface area contributed by atoms with Gasteiger partial charge >= 0.3 is 0 Å². The van der Waals surface area contributed by atoms with Crippen molar-refractivity contribution in [2.75, 3.05) is 27.2 Å². The molecule has 2 N–H and O–H groups in total. The minimum atomic E-state index is -0.293. The van der Waals surface area contributed by atoms with Gasteiger partial charge in [-0.15, -0.1) is 0 Å². The van der Waals surface area contributed by atoms with Gasteiger partial charge in [-0.05, 0) is 48.7 Å². The van der Waals surface area contributed by atoms with Crippen LogP contribution in [0.4, 0.5) is 4.39 Å². The Hall–Kier alpha value is -3.39. The van der Waals surface area contributed by atoms with Gasteiger partial charge in [0.05, 0.1) is 25.7 Å². The van der Waals surface area contributed by atoms with E-state index < -0.39 is 0 Å². The molecule has 3 aromatic rings. The number of methoxy groups -OCH3 is 1. The second-order valence-electron chi connectivity index (χ2n) is 7.48. The van der Waals surface area contributed by atoms with Crippen molar-refractivity contribution in [1.29, 1.82) is 0 Å². The zero-order valence-electron chi connectivity index (χ0n) is 18.6. The molecule has 0 bridgehead atoms. The first-order valence-corrected chi connectivity index (χ1v) is 10.5. The minimum Gasteiger partial charge on any atom is -0.493 e. The number of nitrogens with one attached hydrogen (secondary N) is 2. The van der Waals surface area contributed by atoms with Crippen LogP contribution in [0, 0.1) is 5.82 Å². The highest BCUT2D eigenvalue weighted by Gasteiger charge is 2.19. The van der Waals surface area contributed by atoms with Crippen LogP contribution in [0.5, 0.6) is 11.5 Å². The molecule has 1 atom stereocenters. The number of rotatable bonds is 11.